The van der Waals surface area contributed by atoms with Crippen molar-refractivity contribution >= 4 is 17.4 Å². The molecule has 0 saturated heterocycles. The van der Waals surface area contributed by atoms with Crippen LogP contribution in [-0.4, -0.2) is 21.1 Å². The molecular formula is C13H15ClN4O. The van der Waals surface area contributed by atoms with E-state index in [0.717, 1.165) is 24.3 Å². The van der Waals surface area contributed by atoms with E-state index in [1.54, 1.807) is 12.4 Å². The van der Waals surface area contributed by atoms with Gasteiger partial charge in [0.2, 0.25) is 0 Å². The minimum absolute atomic E-state index is 0.324. The number of hydrogen-bond donors (Lipinski definition) is 1. The predicted molar refractivity (Wildman–Crippen MR) is 75.6 cm³/mol. The van der Waals surface area contributed by atoms with Crippen LogP contribution in [0.2, 0.25) is 5.02 Å². The Morgan fingerprint density at radius 2 is 2.26 bits per heavy atom. The minimum atomic E-state index is -0.324. The van der Waals surface area contributed by atoms with Crippen LogP contribution in [0.4, 0.5) is 5.82 Å². The molecule has 2 aromatic rings. The van der Waals surface area contributed by atoms with Gasteiger partial charge in [-0.3, -0.25) is 4.57 Å². The first-order valence-corrected chi connectivity index (χ1v) is 6.48. The van der Waals surface area contributed by atoms with E-state index in [2.05, 4.69) is 22.2 Å². The molecule has 0 fully saturated rings. The summed E-state index contributed by atoms with van der Waals surface area (Å²) in [6.07, 6.45) is 5.66. The standard InChI is InChI=1S/C13H15ClN4O/c1-2-5-15-12-10(4-3-6-16-12)8-18-9-11(14)7-17-13(18)19/h3-4,6-7,9H,2,5,8H2,1H3,(H,15,16). The van der Waals surface area contributed by atoms with Gasteiger partial charge in [0.25, 0.3) is 0 Å². The van der Waals surface area contributed by atoms with Gasteiger partial charge >= 0.3 is 5.69 Å². The monoisotopic (exact) mass is 278 g/mol. The molecule has 19 heavy (non-hydrogen) atoms. The SMILES string of the molecule is CCCNc1ncccc1Cn1cc(Cl)cnc1=O. The summed E-state index contributed by atoms with van der Waals surface area (Å²) in [5, 5.41) is 3.67. The van der Waals surface area contributed by atoms with Crippen LogP contribution in [0.3, 0.4) is 0 Å². The molecule has 6 heteroatoms. The summed E-state index contributed by atoms with van der Waals surface area (Å²) < 4.78 is 1.47. The number of nitrogens with one attached hydrogen (secondary N) is 1. The van der Waals surface area contributed by atoms with Crippen molar-refractivity contribution in [1.82, 2.24) is 14.5 Å². The summed E-state index contributed by atoms with van der Waals surface area (Å²) in [4.78, 5) is 19.6. The second-order valence-corrected chi connectivity index (χ2v) is 4.56. The van der Waals surface area contributed by atoms with Gasteiger partial charge < -0.3 is 5.32 Å². The molecule has 0 bridgehead atoms. The summed E-state index contributed by atoms with van der Waals surface area (Å²) in [6, 6.07) is 3.77. The first-order valence-electron chi connectivity index (χ1n) is 6.10. The molecule has 0 aromatic carbocycles. The molecular weight excluding hydrogens is 264 g/mol. The Bertz CT molecular complexity index is 612. The van der Waals surface area contributed by atoms with Gasteiger partial charge in [-0.2, -0.15) is 0 Å². The van der Waals surface area contributed by atoms with E-state index in [1.165, 1.54) is 10.8 Å². The number of aromatic nitrogens is 3. The first kappa shape index (κ1) is 13.5. The van der Waals surface area contributed by atoms with Crippen molar-refractivity contribution in [2.24, 2.45) is 0 Å². The Labute approximate surface area is 116 Å². The van der Waals surface area contributed by atoms with E-state index in [1.807, 2.05) is 12.1 Å². The zero-order valence-corrected chi connectivity index (χ0v) is 11.4. The number of nitrogens with zero attached hydrogens (tertiary/aromatic N) is 3. The summed E-state index contributed by atoms with van der Waals surface area (Å²) in [5.74, 6) is 0.788. The Morgan fingerprint density at radius 1 is 1.42 bits per heavy atom. The minimum Gasteiger partial charge on any atom is -0.370 e. The number of halogens is 1. The molecule has 5 nitrogen and oxygen atoms in total. The molecule has 0 aliphatic rings. The lowest BCUT2D eigenvalue weighted by Crippen LogP contribution is -2.23. The molecule has 0 saturated carbocycles. The number of anilines is 1. The van der Waals surface area contributed by atoms with Crippen LogP contribution in [0.15, 0.2) is 35.5 Å². The van der Waals surface area contributed by atoms with E-state index in [4.69, 9.17) is 11.6 Å². The van der Waals surface area contributed by atoms with E-state index >= 15 is 0 Å². The van der Waals surface area contributed by atoms with Crippen molar-refractivity contribution < 1.29 is 0 Å². The highest BCUT2D eigenvalue weighted by molar-refractivity contribution is 6.30. The third-order valence-electron chi connectivity index (χ3n) is 2.60. The van der Waals surface area contributed by atoms with E-state index in [-0.39, 0.29) is 5.69 Å². The Morgan fingerprint density at radius 3 is 3.05 bits per heavy atom. The van der Waals surface area contributed by atoms with Gasteiger partial charge in [-0.15, -0.1) is 0 Å². The maximum atomic E-state index is 11.7. The van der Waals surface area contributed by atoms with Gasteiger partial charge in [-0.1, -0.05) is 24.6 Å². The molecule has 2 heterocycles. The molecule has 0 spiro atoms. The highest BCUT2D eigenvalue weighted by Gasteiger charge is 2.05. The van der Waals surface area contributed by atoms with E-state index in [9.17, 15) is 4.79 Å². The predicted octanol–water partition coefficient (Wildman–Crippen LogP) is 2.16. The van der Waals surface area contributed by atoms with Crippen molar-refractivity contribution in [1.29, 1.82) is 0 Å². The van der Waals surface area contributed by atoms with Crippen molar-refractivity contribution in [2.45, 2.75) is 19.9 Å². The third kappa shape index (κ3) is 3.54. The molecule has 2 rings (SSSR count). The Hall–Kier alpha value is -1.88. The fourth-order valence-corrected chi connectivity index (χ4v) is 1.86. The van der Waals surface area contributed by atoms with Crippen LogP contribution in [-0.2, 0) is 6.54 Å². The van der Waals surface area contributed by atoms with E-state index in [0.29, 0.717) is 11.6 Å². The third-order valence-corrected chi connectivity index (χ3v) is 2.79. The molecule has 0 unspecified atom stereocenters. The highest BCUT2D eigenvalue weighted by Crippen LogP contribution is 2.13. The van der Waals surface area contributed by atoms with Crippen LogP contribution < -0.4 is 11.0 Å². The van der Waals surface area contributed by atoms with Gasteiger partial charge in [0, 0.05) is 24.5 Å². The summed E-state index contributed by atoms with van der Waals surface area (Å²) >= 11 is 5.85. The maximum Gasteiger partial charge on any atom is 0.347 e. The number of pyridine rings is 1. The smallest absolute Gasteiger partial charge is 0.347 e. The molecule has 2 aromatic heterocycles. The Balaban J connectivity index is 2.27. The number of rotatable bonds is 5. The molecule has 1 N–H and O–H groups in total. The number of hydrogen-bond acceptors (Lipinski definition) is 4. The molecule has 0 aliphatic carbocycles. The topological polar surface area (TPSA) is 59.8 Å². The zero-order chi connectivity index (χ0) is 13.7. The average Bonchev–Trinajstić information content (AvgIpc) is 2.42. The summed E-state index contributed by atoms with van der Waals surface area (Å²) in [6.45, 7) is 3.32. The van der Waals surface area contributed by atoms with Crippen molar-refractivity contribution in [3.05, 3.63) is 51.8 Å². The van der Waals surface area contributed by atoms with Gasteiger partial charge in [0.15, 0.2) is 0 Å². The largest absolute Gasteiger partial charge is 0.370 e. The van der Waals surface area contributed by atoms with Crippen LogP contribution in [0.25, 0.3) is 0 Å². The van der Waals surface area contributed by atoms with Crippen molar-refractivity contribution in [2.75, 3.05) is 11.9 Å². The van der Waals surface area contributed by atoms with Crippen molar-refractivity contribution in [3.63, 3.8) is 0 Å². The molecule has 0 atom stereocenters. The molecule has 0 radical (unpaired) electrons. The van der Waals surface area contributed by atoms with Crippen LogP contribution in [0, 0.1) is 0 Å². The molecule has 0 aliphatic heterocycles. The zero-order valence-electron chi connectivity index (χ0n) is 10.6. The second-order valence-electron chi connectivity index (χ2n) is 4.12. The molecule has 0 amide bonds. The quantitative estimate of drug-likeness (QED) is 0.910. The summed E-state index contributed by atoms with van der Waals surface area (Å²) in [5.41, 5.74) is 0.608. The highest BCUT2D eigenvalue weighted by atomic mass is 35.5. The fourth-order valence-electron chi connectivity index (χ4n) is 1.69. The van der Waals surface area contributed by atoms with Crippen LogP contribution >= 0.6 is 11.6 Å². The van der Waals surface area contributed by atoms with Gasteiger partial charge in [-0.25, -0.2) is 14.8 Å². The van der Waals surface area contributed by atoms with Gasteiger partial charge in [-0.05, 0) is 12.5 Å². The van der Waals surface area contributed by atoms with E-state index < -0.39 is 0 Å². The van der Waals surface area contributed by atoms with Crippen molar-refractivity contribution in [3.8, 4) is 0 Å². The summed E-state index contributed by atoms with van der Waals surface area (Å²) in [7, 11) is 0. The average molecular weight is 279 g/mol. The lowest BCUT2D eigenvalue weighted by Gasteiger charge is -2.11. The lowest BCUT2D eigenvalue weighted by molar-refractivity contribution is 0.725. The van der Waals surface area contributed by atoms with Gasteiger partial charge in [0.1, 0.15) is 5.82 Å². The maximum absolute atomic E-state index is 11.7. The van der Waals surface area contributed by atoms with Crippen LogP contribution in [0.1, 0.15) is 18.9 Å². The first-order chi connectivity index (χ1) is 9.20. The molecule has 100 valence electrons. The van der Waals surface area contributed by atoms with Crippen LogP contribution in [0.5, 0.6) is 0 Å². The normalized spacial score (nSPS) is 10.4. The Kier molecular flexibility index (Phi) is 4.52. The lowest BCUT2D eigenvalue weighted by atomic mass is 10.2. The van der Waals surface area contributed by atoms with Gasteiger partial charge in [0.05, 0.1) is 17.8 Å². The fraction of sp³-hybridized carbons (Fsp3) is 0.308. The second kappa shape index (κ2) is 6.33.